The Morgan fingerprint density at radius 1 is 1.21 bits per heavy atom. The fraction of sp³-hybridized carbons (Fsp3) is 0.933. The van der Waals surface area contributed by atoms with Crippen molar-refractivity contribution in [2.75, 3.05) is 19.8 Å². The van der Waals surface area contributed by atoms with Gasteiger partial charge in [-0.2, -0.15) is 5.26 Å². The smallest absolute Gasteiger partial charge is 0.106 e. The molecular weight excluding hydrogens is 240 g/mol. The van der Waals surface area contributed by atoms with Crippen molar-refractivity contribution in [1.29, 1.82) is 5.26 Å². The van der Waals surface area contributed by atoms with Crippen molar-refractivity contribution in [3.63, 3.8) is 0 Å². The number of nitrogens with zero attached hydrogens (tertiary/aromatic N) is 1. The molecule has 0 saturated carbocycles. The van der Waals surface area contributed by atoms with E-state index in [9.17, 15) is 5.26 Å². The van der Waals surface area contributed by atoms with Crippen molar-refractivity contribution in [1.82, 2.24) is 5.32 Å². The van der Waals surface area contributed by atoms with E-state index in [1.165, 1.54) is 0 Å². The van der Waals surface area contributed by atoms with Gasteiger partial charge in [0.25, 0.3) is 0 Å². The fourth-order valence-corrected chi connectivity index (χ4v) is 2.06. The third kappa shape index (κ3) is 9.89. The van der Waals surface area contributed by atoms with Gasteiger partial charge in [0.1, 0.15) is 5.54 Å². The molecule has 112 valence electrons. The molecule has 0 heterocycles. The molecule has 0 bridgehead atoms. The number of hydrogen-bond donors (Lipinski definition) is 1. The number of rotatable bonds is 11. The van der Waals surface area contributed by atoms with Gasteiger partial charge in [0.2, 0.25) is 0 Å². The molecule has 0 aromatic carbocycles. The molecule has 0 radical (unpaired) electrons. The second-order valence-electron chi connectivity index (χ2n) is 5.59. The molecule has 0 spiro atoms. The molecule has 1 N–H and O–H groups in total. The first-order valence-corrected chi connectivity index (χ1v) is 7.31. The topological polar surface area (TPSA) is 54.3 Å². The number of hydrogen-bond acceptors (Lipinski definition) is 4. The maximum absolute atomic E-state index is 9.26. The van der Waals surface area contributed by atoms with E-state index in [4.69, 9.17) is 9.47 Å². The first-order chi connectivity index (χ1) is 8.93. The maximum Gasteiger partial charge on any atom is 0.106 e. The van der Waals surface area contributed by atoms with Crippen molar-refractivity contribution < 1.29 is 9.47 Å². The highest BCUT2D eigenvalue weighted by Crippen LogP contribution is 2.14. The van der Waals surface area contributed by atoms with Crippen LogP contribution in [-0.4, -0.2) is 37.5 Å². The average Bonchev–Trinajstić information content (AvgIpc) is 2.32. The van der Waals surface area contributed by atoms with Crippen LogP contribution in [0.1, 0.15) is 53.9 Å². The molecule has 0 aliphatic carbocycles. The Hall–Kier alpha value is -0.630. The molecule has 4 nitrogen and oxygen atoms in total. The maximum atomic E-state index is 9.26. The lowest BCUT2D eigenvalue weighted by Crippen LogP contribution is -2.47. The van der Waals surface area contributed by atoms with E-state index in [-0.39, 0.29) is 12.1 Å². The highest BCUT2D eigenvalue weighted by atomic mass is 16.5. The van der Waals surface area contributed by atoms with Gasteiger partial charge in [-0.15, -0.1) is 0 Å². The predicted molar refractivity (Wildman–Crippen MR) is 78.0 cm³/mol. The minimum Gasteiger partial charge on any atom is -0.379 e. The molecular formula is C15H30N2O2. The normalized spacial score (nSPS) is 16.1. The zero-order chi connectivity index (χ0) is 14.7. The molecule has 19 heavy (non-hydrogen) atoms. The Morgan fingerprint density at radius 3 is 2.42 bits per heavy atom. The van der Waals surface area contributed by atoms with Crippen LogP contribution in [-0.2, 0) is 9.47 Å². The second-order valence-corrected chi connectivity index (χ2v) is 5.59. The van der Waals surface area contributed by atoms with Gasteiger partial charge in [-0.25, -0.2) is 0 Å². The van der Waals surface area contributed by atoms with Crippen LogP contribution in [0.15, 0.2) is 0 Å². The Kier molecular flexibility index (Phi) is 9.85. The molecule has 4 heteroatoms. The highest BCUT2D eigenvalue weighted by molar-refractivity contribution is 5.05. The monoisotopic (exact) mass is 270 g/mol. The summed E-state index contributed by atoms with van der Waals surface area (Å²) in [6, 6.07) is 2.62. The molecule has 0 rings (SSSR count). The molecule has 0 aromatic rings. The van der Waals surface area contributed by atoms with Gasteiger partial charge < -0.3 is 9.47 Å². The van der Waals surface area contributed by atoms with E-state index in [2.05, 4.69) is 18.3 Å². The summed E-state index contributed by atoms with van der Waals surface area (Å²) in [5.41, 5.74) is -0.531. The van der Waals surface area contributed by atoms with Crippen LogP contribution in [0.2, 0.25) is 0 Å². The summed E-state index contributed by atoms with van der Waals surface area (Å²) in [5.74, 6) is 0. The van der Waals surface area contributed by atoms with E-state index in [1.807, 2.05) is 27.7 Å². The van der Waals surface area contributed by atoms with Gasteiger partial charge in [0, 0.05) is 19.1 Å². The number of ether oxygens (including phenoxy) is 2. The number of unbranched alkanes of at least 4 members (excludes halogenated alkanes) is 1. The third-order valence-corrected chi connectivity index (χ3v) is 2.82. The molecule has 0 aliphatic rings. The lowest BCUT2D eigenvalue weighted by molar-refractivity contribution is 0.00160. The van der Waals surface area contributed by atoms with E-state index in [0.29, 0.717) is 19.6 Å². The van der Waals surface area contributed by atoms with E-state index < -0.39 is 5.54 Å². The Labute approximate surface area is 118 Å². The molecule has 0 saturated heterocycles. The van der Waals surface area contributed by atoms with Gasteiger partial charge in [-0.3, -0.25) is 5.32 Å². The van der Waals surface area contributed by atoms with Crippen LogP contribution in [0.5, 0.6) is 0 Å². The summed E-state index contributed by atoms with van der Waals surface area (Å²) in [5, 5.41) is 12.5. The van der Waals surface area contributed by atoms with E-state index in [1.54, 1.807) is 0 Å². The van der Waals surface area contributed by atoms with Crippen molar-refractivity contribution in [3.05, 3.63) is 0 Å². The SMILES string of the molecule is CCCCOCCOC(C)CC(C)(C#N)NC(C)C. The molecule has 0 aromatic heterocycles. The van der Waals surface area contributed by atoms with Crippen LogP contribution >= 0.6 is 0 Å². The summed E-state index contributed by atoms with van der Waals surface area (Å²) >= 11 is 0. The van der Waals surface area contributed by atoms with Crippen LogP contribution in [0.25, 0.3) is 0 Å². The summed E-state index contributed by atoms with van der Waals surface area (Å²) in [4.78, 5) is 0. The zero-order valence-corrected chi connectivity index (χ0v) is 13.2. The standard InChI is InChI=1S/C15H30N2O2/c1-6-7-8-18-9-10-19-14(4)11-15(5,12-16)17-13(2)3/h13-14,17H,6-11H2,1-5H3. The van der Waals surface area contributed by atoms with Gasteiger partial charge >= 0.3 is 0 Å². The molecule has 0 amide bonds. The average molecular weight is 270 g/mol. The number of nitriles is 1. The second kappa shape index (κ2) is 10.2. The molecule has 2 atom stereocenters. The molecule has 2 unspecified atom stereocenters. The van der Waals surface area contributed by atoms with Crippen molar-refractivity contribution in [3.8, 4) is 6.07 Å². The first kappa shape index (κ1) is 18.4. The van der Waals surface area contributed by atoms with Crippen molar-refractivity contribution in [2.24, 2.45) is 0 Å². The largest absolute Gasteiger partial charge is 0.379 e. The van der Waals surface area contributed by atoms with Gasteiger partial charge in [0.05, 0.1) is 25.4 Å². The van der Waals surface area contributed by atoms with Crippen LogP contribution in [0, 0.1) is 11.3 Å². The number of nitrogens with one attached hydrogen (secondary N) is 1. The lowest BCUT2D eigenvalue weighted by atomic mass is 9.95. The van der Waals surface area contributed by atoms with E-state index >= 15 is 0 Å². The van der Waals surface area contributed by atoms with Gasteiger partial charge in [-0.1, -0.05) is 13.3 Å². The minimum absolute atomic E-state index is 0.0469. The van der Waals surface area contributed by atoms with Gasteiger partial charge in [0.15, 0.2) is 0 Å². The molecule has 0 fully saturated rings. The van der Waals surface area contributed by atoms with E-state index in [0.717, 1.165) is 19.4 Å². The van der Waals surface area contributed by atoms with Crippen molar-refractivity contribution >= 4 is 0 Å². The Balaban J connectivity index is 3.83. The Morgan fingerprint density at radius 2 is 1.89 bits per heavy atom. The predicted octanol–water partition coefficient (Wildman–Crippen LogP) is 2.88. The summed E-state index contributed by atoms with van der Waals surface area (Å²) < 4.78 is 11.1. The minimum atomic E-state index is -0.531. The zero-order valence-electron chi connectivity index (χ0n) is 13.2. The lowest BCUT2D eigenvalue weighted by Gasteiger charge is -2.28. The summed E-state index contributed by atoms with van der Waals surface area (Å²) in [6.07, 6.45) is 2.97. The molecule has 0 aliphatic heterocycles. The van der Waals surface area contributed by atoms with Crippen LogP contribution in [0.3, 0.4) is 0 Å². The van der Waals surface area contributed by atoms with Gasteiger partial charge in [-0.05, 0) is 34.1 Å². The quantitative estimate of drug-likeness (QED) is 0.587. The van der Waals surface area contributed by atoms with Crippen LogP contribution < -0.4 is 5.32 Å². The Bertz CT molecular complexity index is 263. The highest BCUT2D eigenvalue weighted by Gasteiger charge is 2.27. The third-order valence-electron chi connectivity index (χ3n) is 2.82. The summed E-state index contributed by atoms with van der Waals surface area (Å²) in [7, 11) is 0. The first-order valence-electron chi connectivity index (χ1n) is 7.31. The van der Waals surface area contributed by atoms with Crippen LogP contribution in [0.4, 0.5) is 0 Å². The fourth-order valence-electron chi connectivity index (χ4n) is 2.06. The summed E-state index contributed by atoms with van der Waals surface area (Å²) in [6.45, 7) is 12.2. The van der Waals surface area contributed by atoms with Crippen molar-refractivity contribution in [2.45, 2.75) is 71.6 Å².